The van der Waals surface area contributed by atoms with Gasteiger partial charge < -0.3 is 10.6 Å². The van der Waals surface area contributed by atoms with Gasteiger partial charge in [0.05, 0.1) is 0 Å². The summed E-state index contributed by atoms with van der Waals surface area (Å²) >= 11 is 0. The Morgan fingerprint density at radius 2 is 1.79 bits per heavy atom. The van der Waals surface area contributed by atoms with Crippen LogP contribution < -0.4 is 10.6 Å². The molecule has 0 saturated carbocycles. The number of allylic oxidation sites excluding steroid dienone is 3. The molecule has 0 bridgehead atoms. The van der Waals surface area contributed by atoms with E-state index in [0.29, 0.717) is 23.3 Å². The predicted octanol–water partition coefficient (Wildman–Crippen LogP) is 4.43. The van der Waals surface area contributed by atoms with E-state index in [2.05, 4.69) is 10.6 Å². The fraction of sp³-hybridized carbons (Fsp3) is 0.217. The van der Waals surface area contributed by atoms with Crippen molar-refractivity contribution < 1.29 is 14.0 Å². The Kier molecular flexibility index (Phi) is 4.82. The molecule has 1 heterocycles. The largest absolute Gasteiger partial charge is 0.362 e. The fourth-order valence-corrected chi connectivity index (χ4v) is 3.99. The average molecular weight is 376 g/mol. The van der Waals surface area contributed by atoms with Gasteiger partial charge in [-0.25, -0.2) is 4.39 Å². The summed E-state index contributed by atoms with van der Waals surface area (Å²) in [5, 5.41) is 6.20. The SMILES string of the molecule is CC1=C(C(=O)Nc2ccccc2)[C@@H](c2ccc(F)cc2)C2=C(CCCC2=O)N1. The molecule has 1 atom stereocenters. The minimum atomic E-state index is -0.506. The van der Waals surface area contributed by atoms with Crippen LogP contribution in [0, 0.1) is 5.82 Å². The van der Waals surface area contributed by atoms with E-state index in [0.717, 1.165) is 29.8 Å². The monoisotopic (exact) mass is 376 g/mol. The van der Waals surface area contributed by atoms with Crippen molar-refractivity contribution in [2.24, 2.45) is 0 Å². The van der Waals surface area contributed by atoms with Crippen molar-refractivity contribution in [3.05, 3.63) is 88.5 Å². The molecular formula is C23H21FN2O2. The van der Waals surface area contributed by atoms with Gasteiger partial charge in [0.15, 0.2) is 5.78 Å². The van der Waals surface area contributed by atoms with E-state index in [4.69, 9.17) is 0 Å². The highest BCUT2D eigenvalue weighted by atomic mass is 19.1. The van der Waals surface area contributed by atoms with Gasteiger partial charge in [-0.2, -0.15) is 0 Å². The number of benzene rings is 2. The molecule has 2 aromatic rings. The van der Waals surface area contributed by atoms with Gasteiger partial charge in [0, 0.05) is 40.6 Å². The molecule has 0 aromatic heterocycles. The standard InChI is InChI=1S/C23H21FN2O2/c1-14-20(23(28)26-17-6-3-2-4-7-17)21(15-10-12-16(24)13-11-15)22-18(25-14)8-5-9-19(22)27/h2-4,6-7,10-13,21,25H,5,8-9H2,1H3,(H,26,28)/t21-/m1/s1. The number of anilines is 1. The van der Waals surface area contributed by atoms with Crippen molar-refractivity contribution in [1.29, 1.82) is 0 Å². The van der Waals surface area contributed by atoms with Crippen molar-refractivity contribution in [1.82, 2.24) is 5.32 Å². The molecule has 2 aromatic carbocycles. The molecule has 1 amide bonds. The maximum Gasteiger partial charge on any atom is 0.254 e. The van der Waals surface area contributed by atoms with Crippen LogP contribution in [0.4, 0.5) is 10.1 Å². The van der Waals surface area contributed by atoms with Crippen LogP contribution in [0.3, 0.4) is 0 Å². The summed E-state index contributed by atoms with van der Waals surface area (Å²) in [7, 11) is 0. The molecule has 0 radical (unpaired) electrons. The highest BCUT2D eigenvalue weighted by Crippen LogP contribution is 2.42. The van der Waals surface area contributed by atoms with Gasteiger partial charge in [-0.15, -0.1) is 0 Å². The minimum Gasteiger partial charge on any atom is -0.362 e. The predicted molar refractivity (Wildman–Crippen MR) is 106 cm³/mol. The van der Waals surface area contributed by atoms with Crippen LogP contribution in [0.25, 0.3) is 0 Å². The maximum atomic E-state index is 13.5. The summed E-state index contributed by atoms with van der Waals surface area (Å²) in [5.74, 6) is -1.08. The Balaban J connectivity index is 1.79. The van der Waals surface area contributed by atoms with Crippen LogP contribution in [0.1, 0.15) is 37.7 Å². The number of para-hydroxylation sites is 1. The third-order valence-corrected chi connectivity index (χ3v) is 5.26. The first-order valence-corrected chi connectivity index (χ1v) is 9.40. The molecule has 142 valence electrons. The lowest BCUT2D eigenvalue weighted by atomic mass is 9.75. The first kappa shape index (κ1) is 18.2. The molecule has 1 aliphatic carbocycles. The molecule has 2 N–H and O–H groups in total. The number of hydrogen-bond acceptors (Lipinski definition) is 3. The van der Waals surface area contributed by atoms with Gasteiger partial charge >= 0.3 is 0 Å². The third kappa shape index (κ3) is 3.36. The molecule has 0 saturated heterocycles. The number of rotatable bonds is 3. The van der Waals surface area contributed by atoms with E-state index in [9.17, 15) is 14.0 Å². The Hall–Kier alpha value is -3.21. The molecule has 1 aliphatic heterocycles. The van der Waals surface area contributed by atoms with Crippen molar-refractivity contribution in [2.75, 3.05) is 5.32 Å². The van der Waals surface area contributed by atoms with Crippen molar-refractivity contribution in [2.45, 2.75) is 32.1 Å². The van der Waals surface area contributed by atoms with E-state index in [1.54, 1.807) is 12.1 Å². The van der Waals surface area contributed by atoms with E-state index in [1.807, 2.05) is 37.3 Å². The van der Waals surface area contributed by atoms with Gasteiger partial charge in [-0.1, -0.05) is 30.3 Å². The van der Waals surface area contributed by atoms with Crippen LogP contribution in [0.2, 0.25) is 0 Å². The molecule has 5 heteroatoms. The molecular weight excluding hydrogens is 355 g/mol. The number of Topliss-reactive ketones (excluding diaryl/α,β-unsaturated/α-hetero) is 1. The number of dihydropyridines is 1. The zero-order chi connectivity index (χ0) is 19.7. The zero-order valence-corrected chi connectivity index (χ0v) is 15.6. The van der Waals surface area contributed by atoms with Gasteiger partial charge in [-0.05, 0) is 49.6 Å². The summed E-state index contributed by atoms with van der Waals surface area (Å²) in [6.45, 7) is 1.85. The topological polar surface area (TPSA) is 58.2 Å². The zero-order valence-electron chi connectivity index (χ0n) is 15.6. The Bertz CT molecular complexity index is 991. The van der Waals surface area contributed by atoms with Crippen LogP contribution in [-0.4, -0.2) is 11.7 Å². The van der Waals surface area contributed by atoms with Crippen molar-refractivity contribution in [3.8, 4) is 0 Å². The number of hydrogen-bond donors (Lipinski definition) is 2. The second kappa shape index (κ2) is 7.43. The van der Waals surface area contributed by atoms with Crippen LogP contribution in [-0.2, 0) is 9.59 Å². The second-order valence-corrected chi connectivity index (χ2v) is 7.14. The number of nitrogens with one attached hydrogen (secondary N) is 2. The first-order valence-electron chi connectivity index (χ1n) is 9.40. The quantitative estimate of drug-likeness (QED) is 0.833. The number of amides is 1. The summed E-state index contributed by atoms with van der Waals surface area (Å²) in [6.07, 6.45) is 2.02. The first-order chi connectivity index (χ1) is 13.5. The van der Waals surface area contributed by atoms with Crippen LogP contribution in [0.15, 0.2) is 77.1 Å². The molecule has 4 nitrogen and oxygen atoms in total. The number of ketones is 1. The lowest BCUT2D eigenvalue weighted by Gasteiger charge is -2.34. The van der Waals surface area contributed by atoms with E-state index >= 15 is 0 Å². The molecule has 4 rings (SSSR count). The van der Waals surface area contributed by atoms with E-state index < -0.39 is 5.92 Å². The Labute approximate surface area is 163 Å². The summed E-state index contributed by atoms with van der Waals surface area (Å²) in [6, 6.07) is 15.2. The number of halogens is 1. The van der Waals surface area contributed by atoms with Crippen LogP contribution in [0.5, 0.6) is 0 Å². The second-order valence-electron chi connectivity index (χ2n) is 7.14. The third-order valence-electron chi connectivity index (χ3n) is 5.26. The lowest BCUT2D eigenvalue weighted by molar-refractivity contribution is -0.116. The van der Waals surface area contributed by atoms with Crippen molar-refractivity contribution >= 4 is 17.4 Å². The molecule has 28 heavy (non-hydrogen) atoms. The van der Waals surface area contributed by atoms with Crippen molar-refractivity contribution in [3.63, 3.8) is 0 Å². The molecule has 0 fully saturated rings. The molecule has 2 aliphatic rings. The van der Waals surface area contributed by atoms with Gasteiger partial charge in [0.2, 0.25) is 0 Å². The normalized spacial score (nSPS) is 19.2. The smallest absolute Gasteiger partial charge is 0.254 e. The van der Waals surface area contributed by atoms with Gasteiger partial charge in [0.1, 0.15) is 5.82 Å². The van der Waals surface area contributed by atoms with E-state index in [1.165, 1.54) is 12.1 Å². The Morgan fingerprint density at radius 3 is 2.50 bits per heavy atom. The summed E-state index contributed by atoms with van der Waals surface area (Å²) in [4.78, 5) is 26.0. The lowest BCUT2D eigenvalue weighted by Crippen LogP contribution is -2.35. The minimum absolute atomic E-state index is 0.0422. The Morgan fingerprint density at radius 1 is 1.07 bits per heavy atom. The number of carbonyl (C=O) groups excluding carboxylic acids is 2. The summed E-state index contributed by atoms with van der Waals surface area (Å²) < 4.78 is 13.5. The van der Waals surface area contributed by atoms with E-state index in [-0.39, 0.29) is 17.5 Å². The number of carbonyl (C=O) groups is 2. The highest BCUT2D eigenvalue weighted by molar-refractivity contribution is 6.09. The highest BCUT2D eigenvalue weighted by Gasteiger charge is 2.38. The molecule has 0 spiro atoms. The van der Waals surface area contributed by atoms with Crippen LogP contribution >= 0.6 is 0 Å². The maximum absolute atomic E-state index is 13.5. The van der Waals surface area contributed by atoms with Gasteiger partial charge in [-0.3, -0.25) is 9.59 Å². The van der Waals surface area contributed by atoms with Gasteiger partial charge in [0.25, 0.3) is 5.91 Å². The molecule has 0 unspecified atom stereocenters. The fourth-order valence-electron chi connectivity index (χ4n) is 3.99. The summed E-state index contributed by atoms with van der Waals surface area (Å²) in [5.41, 5.74) is 4.13. The average Bonchev–Trinajstić information content (AvgIpc) is 2.68.